The maximum absolute atomic E-state index is 14.0. The van der Waals surface area contributed by atoms with Gasteiger partial charge in [-0.3, -0.25) is 14.5 Å². The van der Waals surface area contributed by atoms with E-state index < -0.39 is 0 Å². The number of para-hydroxylation sites is 1. The maximum Gasteiger partial charge on any atom is 0.197 e. The highest BCUT2D eigenvalue weighted by molar-refractivity contribution is 7.99. The largest absolute Gasteiger partial charge is 0.300 e. The van der Waals surface area contributed by atoms with Gasteiger partial charge in [-0.1, -0.05) is 23.9 Å². The van der Waals surface area contributed by atoms with Crippen molar-refractivity contribution in [2.45, 2.75) is 9.79 Å². The Morgan fingerprint density at radius 3 is 2.49 bits per heavy atom. The molecule has 0 fully saturated rings. The Hall–Kier alpha value is -3.52. The smallest absolute Gasteiger partial charge is 0.197 e. The third kappa shape index (κ3) is 3.23. The van der Waals surface area contributed by atoms with E-state index in [2.05, 4.69) is 4.90 Å². The second-order valence-corrected chi connectivity index (χ2v) is 11.4. The number of hydrogen-bond donors (Lipinski definition) is 0. The summed E-state index contributed by atoms with van der Waals surface area (Å²) in [5.41, 5.74) is 3.06. The van der Waals surface area contributed by atoms with E-state index in [1.165, 1.54) is 17.4 Å². The van der Waals surface area contributed by atoms with Crippen molar-refractivity contribution in [2.75, 3.05) is 4.90 Å². The number of Topliss-reactive ketones (excluding diaryl/α,β-unsaturated/α-hetero) is 2. The summed E-state index contributed by atoms with van der Waals surface area (Å²) in [6.07, 6.45) is 1.70. The molecule has 2 aliphatic rings. The molecule has 0 radical (unpaired) electrons. The molecule has 3 aromatic carbocycles. The van der Waals surface area contributed by atoms with E-state index in [-0.39, 0.29) is 23.0 Å². The molecule has 35 heavy (non-hydrogen) atoms. The average Bonchev–Trinajstić information content (AvgIpc) is 3.57. The van der Waals surface area contributed by atoms with Crippen LogP contribution in [0.4, 0.5) is 20.8 Å². The monoisotopic (exact) mass is 511 g/mol. The van der Waals surface area contributed by atoms with Crippen LogP contribution in [0.25, 0.3) is 16.2 Å². The van der Waals surface area contributed by atoms with Crippen LogP contribution in [0.5, 0.6) is 0 Å². The Labute approximate surface area is 212 Å². The lowest BCUT2D eigenvalue weighted by Crippen LogP contribution is -2.13. The van der Waals surface area contributed by atoms with E-state index in [0.29, 0.717) is 11.1 Å². The van der Waals surface area contributed by atoms with Crippen LogP contribution in [0.2, 0.25) is 0 Å². The van der Waals surface area contributed by atoms with Crippen LogP contribution >= 0.6 is 34.4 Å². The molecule has 0 amide bonds. The standard InChI is InChI=1S/C28H14FNO2S3/c29-16-5-7-22-25(12-16)35-23-4-2-1-3-21(23)30(22)26-8-6-17(34-26)13-20-27(31)18-11-15-9-10-33-24(15)14-19(18)28(20)32/h1-14H/b20-13-. The molecule has 0 spiro atoms. The number of thiophene rings is 2. The van der Waals surface area contributed by atoms with Crippen molar-refractivity contribution in [3.8, 4) is 0 Å². The molecule has 2 aromatic heterocycles. The van der Waals surface area contributed by atoms with Gasteiger partial charge in [0.15, 0.2) is 11.6 Å². The third-order valence-corrected chi connectivity index (χ3v) is 9.19. The summed E-state index contributed by atoms with van der Waals surface area (Å²) in [5.74, 6) is -0.728. The van der Waals surface area contributed by atoms with E-state index in [9.17, 15) is 14.0 Å². The summed E-state index contributed by atoms with van der Waals surface area (Å²) < 4.78 is 15.0. The molecule has 0 saturated heterocycles. The quantitative estimate of drug-likeness (QED) is 0.173. The zero-order chi connectivity index (χ0) is 23.7. The first-order chi connectivity index (χ1) is 17.1. The summed E-state index contributed by atoms with van der Waals surface area (Å²) in [5, 5.41) is 3.86. The number of ketones is 2. The molecular formula is C28H14FNO2S3. The van der Waals surface area contributed by atoms with Crippen LogP contribution in [0, 0.1) is 5.82 Å². The molecule has 168 valence electrons. The number of allylic oxidation sites excluding steroid dienone is 1. The van der Waals surface area contributed by atoms with E-state index in [4.69, 9.17) is 0 Å². The topological polar surface area (TPSA) is 37.4 Å². The highest BCUT2D eigenvalue weighted by Gasteiger charge is 2.34. The molecule has 3 heterocycles. The minimum atomic E-state index is -0.273. The Morgan fingerprint density at radius 2 is 1.60 bits per heavy atom. The molecule has 0 unspecified atom stereocenters. The Bertz CT molecular complexity index is 1690. The van der Waals surface area contributed by atoms with E-state index in [1.54, 1.807) is 41.3 Å². The first-order valence-electron chi connectivity index (χ1n) is 10.9. The van der Waals surface area contributed by atoms with Gasteiger partial charge < -0.3 is 0 Å². The van der Waals surface area contributed by atoms with Gasteiger partial charge in [-0.25, -0.2) is 4.39 Å². The second-order valence-electron chi connectivity index (χ2n) is 8.27. The van der Waals surface area contributed by atoms with Crippen molar-refractivity contribution in [3.05, 3.63) is 106 Å². The number of hydrogen-bond acceptors (Lipinski definition) is 6. The molecule has 3 nitrogen and oxygen atoms in total. The number of halogens is 1. The first kappa shape index (κ1) is 20.8. The molecule has 1 aliphatic heterocycles. The van der Waals surface area contributed by atoms with Gasteiger partial charge >= 0.3 is 0 Å². The van der Waals surface area contributed by atoms with Crippen LogP contribution in [0.3, 0.4) is 0 Å². The fourth-order valence-corrected chi connectivity index (χ4v) is 7.43. The second kappa shape index (κ2) is 7.75. The van der Waals surface area contributed by atoms with Gasteiger partial charge in [0.2, 0.25) is 0 Å². The number of anilines is 3. The van der Waals surface area contributed by atoms with E-state index in [0.717, 1.165) is 41.1 Å². The highest BCUT2D eigenvalue weighted by atomic mass is 32.2. The van der Waals surface area contributed by atoms with Gasteiger partial charge in [0.05, 0.1) is 16.9 Å². The minimum Gasteiger partial charge on any atom is -0.300 e. The van der Waals surface area contributed by atoms with Crippen molar-refractivity contribution >= 4 is 78.5 Å². The van der Waals surface area contributed by atoms with Crippen LogP contribution in [-0.2, 0) is 0 Å². The molecule has 0 saturated carbocycles. The van der Waals surface area contributed by atoms with Gasteiger partial charge in [-0.2, -0.15) is 0 Å². The van der Waals surface area contributed by atoms with Crippen molar-refractivity contribution in [1.82, 2.24) is 0 Å². The Morgan fingerprint density at radius 1 is 0.800 bits per heavy atom. The highest BCUT2D eigenvalue weighted by Crippen LogP contribution is 2.52. The predicted molar refractivity (Wildman–Crippen MR) is 142 cm³/mol. The molecule has 0 atom stereocenters. The van der Waals surface area contributed by atoms with Gasteiger partial charge in [-0.15, -0.1) is 22.7 Å². The Balaban J connectivity index is 1.30. The molecular weight excluding hydrogens is 498 g/mol. The predicted octanol–water partition coefficient (Wildman–Crippen LogP) is 8.50. The van der Waals surface area contributed by atoms with Crippen LogP contribution in [0.15, 0.2) is 93.5 Å². The minimum absolute atomic E-state index is 0.197. The number of rotatable bonds is 2. The number of nitrogens with zero attached hydrogens (tertiary/aromatic N) is 1. The van der Waals surface area contributed by atoms with Gasteiger partial charge in [0, 0.05) is 30.5 Å². The lowest BCUT2D eigenvalue weighted by atomic mass is 10.1. The van der Waals surface area contributed by atoms with Crippen molar-refractivity contribution in [2.24, 2.45) is 0 Å². The summed E-state index contributed by atoms with van der Waals surface area (Å²) in [7, 11) is 0. The first-order valence-corrected chi connectivity index (χ1v) is 13.4. The summed E-state index contributed by atoms with van der Waals surface area (Å²) in [6.45, 7) is 0. The molecule has 7 rings (SSSR count). The molecule has 0 bridgehead atoms. The Kier molecular flexibility index (Phi) is 4.61. The molecule has 0 N–H and O–H groups in total. The van der Waals surface area contributed by atoms with Gasteiger partial charge in [0.25, 0.3) is 0 Å². The number of carbonyl (C=O) groups excluding carboxylic acids is 2. The summed E-state index contributed by atoms with van der Waals surface area (Å²) >= 11 is 4.59. The fraction of sp³-hybridized carbons (Fsp3) is 0. The summed E-state index contributed by atoms with van der Waals surface area (Å²) in [4.78, 5) is 31.0. The SMILES string of the molecule is O=C1/C(=C/c2ccc(N3c4ccccc4Sc4cc(F)ccc43)s2)C(=O)c2cc3sccc3cc21. The van der Waals surface area contributed by atoms with Crippen molar-refractivity contribution in [1.29, 1.82) is 0 Å². The van der Waals surface area contributed by atoms with Gasteiger partial charge in [-0.05, 0) is 77.5 Å². The third-order valence-electron chi connectivity index (χ3n) is 6.18. The fourth-order valence-electron chi connectivity index (χ4n) is 4.56. The number of benzene rings is 3. The number of carbonyl (C=O) groups is 2. The summed E-state index contributed by atoms with van der Waals surface area (Å²) in [6, 6.07) is 22.3. The maximum atomic E-state index is 14.0. The lowest BCUT2D eigenvalue weighted by molar-refractivity contribution is 0.0990. The van der Waals surface area contributed by atoms with Crippen molar-refractivity contribution in [3.63, 3.8) is 0 Å². The van der Waals surface area contributed by atoms with E-state index >= 15 is 0 Å². The van der Waals surface area contributed by atoms with Crippen LogP contribution < -0.4 is 4.90 Å². The van der Waals surface area contributed by atoms with Crippen LogP contribution in [0.1, 0.15) is 25.6 Å². The average molecular weight is 512 g/mol. The van der Waals surface area contributed by atoms with Gasteiger partial charge in [0.1, 0.15) is 10.8 Å². The van der Waals surface area contributed by atoms with E-state index in [1.807, 2.05) is 60.0 Å². The molecule has 1 aliphatic carbocycles. The lowest BCUT2D eigenvalue weighted by Gasteiger charge is -2.31. The molecule has 5 aromatic rings. The zero-order valence-corrected chi connectivity index (χ0v) is 20.4. The number of fused-ring (bicyclic) bond motifs is 4. The van der Waals surface area contributed by atoms with Crippen molar-refractivity contribution < 1.29 is 14.0 Å². The normalized spacial score (nSPS) is 15.6. The molecule has 7 heteroatoms. The zero-order valence-electron chi connectivity index (χ0n) is 17.9. The van der Waals surface area contributed by atoms with Crippen LogP contribution in [-0.4, -0.2) is 11.6 Å².